The Morgan fingerprint density at radius 2 is 2.05 bits per heavy atom. The van der Waals surface area contributed by atoms with Crippen molar-refractivity contribution >= 4 is 17.5 Å². The third kappa shape index (κ3) is 3.45. The summed E-state index contributed by atoms with van der Waals surface area (Å²) in [4.78, 5) is 23.6. The highest BCUT2D eigenvalue weighted by atomic mass is 16.2. The third-order valence-corrected chi connectivity index (χ3v) is 3.36. The summed E-state index contributed by atoms with van der Waals surface area (Å²) >= 11 is 0. The molecule has 0 aromatic heterocycles. The largest absolute Gasteiger partial charge is 0.359 e. The van der Waals surface area contributed by atoms with Crippen LogP contribution in [-0.4, -0.2) is 24.9 Å². The lowest BCUT2D eigenvalue weighted by atomic mass is 10.1. The summed E-state index contributed by atoms with van der Waals surface area (Å²) in [6, 6.07) is 7.26. The highest BCUT2D eigenvalue weighted by Crippen LogP contribution is 2.21. The van der Waals surface area contributed by atoms with Gasteiger partial charge in [0.05, 0.1) is 12.3 Å². The van der Waals surface area contributed by atoms with Gasteiger partial charge in [-0.2, -0.15) is 0 Å². The van der Waals surface area contributed by atoms with Crippen molar-refractivity contribution in [2.24, 2.45) is 11.7 Å². The molecular formula is C15H19N3O2. The fourth-order valence-electron chi connectivity index (χ4n) is 2.20. The zero-order chi connectivity index (χ0) is 14.5. The number of likely N-dealkylation sites (N-methyl/N-ethyl adjacent to an activating group) is 1. The number of hydrogen-bond acceptors (Lipinski definition) is 3. The Labute approximate surface area is 118 Å². The Hall–Kier alpha value is -2.14. The second-order valence-electron chi connectivity index (χ2n) is 4.89. The molecule has 0 aliphatic heterocycles. The molecule has 2 atom stereocenters. The number of hydrogen-bond donors (Lipinski definition) is 3. The highest BCUT2D eigenvalue weighted by molar-refractivity contribution is 5.95. The summed E-state index contributed by atoms with van der Waals surface area (Å²) < 4.78 is 0. The second-order valence-corrected chi connectivity index (χ2v) is 4.89. The van der Waals surface area contributed by atoms with Gasteiger partial charge < -0.3 is 16.4 Å². The van der Waals surface area contributed by atoms with Crippen molar-refractivity contribution in [3.8, 4) is 0 Å². The number of nitrogens with two attached hydrogens (primary N) is 1. The molecular weight excluding hydrogens is 254 g/mol. The van der Waals surface area contributed by atoms with E-state index in [-0.39, 0.29) is 30.2 Å². The molecule has 1 aromatic rings. The van der Waals surface area contributed by atoms with Gasteiger partial charge in [0.15, 0.2) is 0 Å². The molecule has 0 saturated heterocycles. The summed E-state index contributed by atoms with van der Waals surface area (Å²) in [5.41, 5.74) is 7.22. The first-order valence-electron chi connectivity index (χ1n) is 6.63. The fraction of sp³-hybridized carbons (Fsp3) is 0.333. The van der Waals surface area contributed by atoms with Gasteiger partial charge in [0.2, 0.25) is 11.8 Å². The molecule has 1 aliphatic carbocycles. The van der Waals surface area contributed by atoms with Gasteiger partial charge in [-0.15, -0.1) is 0 Å². The van der Waals surface area contributed by atoms with E-state index < -0.39 is 0 Å². The Balaban J connectivity index is 2.07. The smallest absolute Gasteiger partial charge is 0.231 e. The summed E-state index contributed by atoms with van der Waals surface area (Å²) in [5.74, 6) is -0.369. The Morgan fingerprint density at radius 1 is 1.30 bits per heavy atom. The molecule has 4 N–H and O–H groups in total. The van der Waals surface area contributed by atoms with Crippen molar-refractivity contribution < 1.29 is 9.59 Å². The Morgan fingerprint density at radius 3 is 2.70 bits per heavy atom. The van der Waals surface area contributed by atoms with Crippen molar-refractivity contribution in [1.82, 2.24) is 5.32 Å². The number of amides is 2. The molecule has 106 valence electrons. The van der Waals surface area contributed by atoms with E-state index in [4.69, 9.17) is 5.73 Å². The van der Waals surface area contributed by atoms with Gasteiger partial charge in [-0.25, -0.2) is 0 Å². The van der Waals surface area contributed by atoms with Crippen LogP contribution in [0.4, 0.5) is 5.69 Å². The van der Waals surface area contributed by atoms with Crippen molar-refractivity contribution in [1.29, 1.82) is 0 Å². The quantitative estimate of drug-likeness (QED) is 0.710. The highest BCUT2D eigenvalue weighted by Gasteiger charge is 2.23. The lowest BCUT2D eigenvalue weighted by molar-refractivity contribution is -0.120. The van der Waals surface area contributed by atoms with Crippen LogP contribution in [0.2, 0.25) is 0 Å². The molecule has 0 spiro atoms. The topological polar surface area (TPSA) is 84.2 Å². The van der Waals surface area contributed by atoms with Gasteiger partial charge in [-0.3, -0.25) is 9.59 Å². The normalized spacial score (nSPS) is 20.7. The molecule has 1 aromatic carbocycles. The first kappa shape index (κ1) is 14.3. The second kappa shape index (κ2) is 6.34. The van der Waals surface area contributed by atoms with Crippen LogP contribution in [0.15, 0.2) is 36.4 Å². The predicted molar refractivity (Wildman–Crippen MR) is 78.1 cm³/mol. The van der Waals surface area contributed by atoms with Crippen LogP contribution in [0.3, 0.4) is 0 Å². The minimum absolute atomic E-state index is 0.0492. The number of para-hydroxylation sites is 1. The maximum atomic E-state index is 12.1. The SMILES string of the molecule is CNC(=O)Cc1ccccc1NC(=O)C1C=CC(N)C1. The summed E-state index contributed by atoms with van der Waals surface area (Å²) in [5, 5.41) is 5.45. The number of benzene rings is 1. The predicted octanol–water partition coefficient (Wildman–Crippen LogP) is 0.817. The zero-order valence-corrected chi connectivity index (χ0v) is 11.4. The molecule has 5 heteroatoms. The number of nitrogens with one attached hydrogen (secondary N) is 2. The van der Waals surface area contributed by atoms with Crippen LogP contribution < -0.4 is 16.4 Å². The average molecular weight is 273 g/mol. The standard InChI is InChI=1S/C15H19N3O2/c1-17-14(19)9-10-4-2-3-5-13(10)18-15(20)11-6-7-12(16)8-11/h2-7,11-12H,8-9,16H2,1H3,(H,17,19)(H,18,20). The molecule has 5 nitrogen and oxygen atoms in total. The molecule has 0 radical (unpaired) electrons. The van der Waals surface area contributed by atoms with E-state index in [1.807, 2.05) is 30.4 Å². The number of rotatable bonds is 4. The van der Waals surface area contributed by atoms with E-state index in [1.165, 1.54) is 0 Å². The molecule has 0 saturated carbocycles. The number of carbonyl (C=O) groups excluding carboxylic acids is 2. The fourth-order valence-corrected chi connectivity index (χ4v) is 2.20. The lowest BCUT2D eigenvalue weighted by Gasteiger charge is -2.13. The van der Waals surface area contributed by atoms with E-state index >= 15 is 0 Å². The summed E-state index contributed by atoms with van der Waals surface area (Å²) in [6.07, 6.45) is 4.55. The molecule has 20 heavy (non-hydrogen) atoms. The van der Waals surface area contributed by atoms with Crippen molar-refractivity contribution in [2.75, 3.05) is 12.4 Å². The van der Waals surface area contributed by atoms with E-state index in [1.54, 1.807) is 13.1 Å². The first-order chi connectivity index (χ1) is 9.60. The number of anilines is 1. The first-order valence-corrected chi connectivity index (χ1v) is 6.63. The third-order valence-electron chi connectivity index (χ3n) is 3.36. The van der Waals surface area contributed by atoms with Gasteiger partial charge in [-0.1, -0.05) is 30.4 Å². The minimum atomic E-state index is -0.196. The van der Waals surface area contributed by atoms with Gasteiger partial charge in [0.1, 0.15) is 0 Å². The Bertz CT molecular complexity index is 540. The van der Waals surface area contributed by atoms with Crippen molar-refractivity contribution in [3.63, 3.8) is 0 Å². The van der Waals surface area contributed by atoms with Crippen LogP contribution in [-0.2, 0) is 16.0 Å². The van der Waals surface area contributed by atoms with Crippen LogP contribution in [0.5, 0.6) is 0 Å². The molecule has 0 fully saturated rings. The van der Waals surface area contributed by atoms with E-state index in [2.05, 4.69) is 10.6 Å². The Kier molecular flexibility index (Phi) is 4.53. The van der Waals surface area contributed by atoms with E-state index in [0.717, 1.165) is 5.56 Å². The minimum Gasteiger partial charge on any atom is -0.359 e. The molecule has 2 amide bonds. The molecule has 1 aliphatic rings. The molecule has 0 bridgehead atoms. The average Bonchev–Trinajstić information content (AvgIpc) is 2.87. The van der Waals surface area contributed by atoms with Gasteiger partial charge >= 0.3 is 0 Å². The molecule has 2 rings (SSSR count). The van der Waals surface area contributed by atoms with Gasteiger partial charge in [-0.05, 0) is 18.1 Å². The van der Waals surface area contributed by atoms with Crippen LogP contribution in [0.1, 0.15) is 12.0 Å². The van der Waals surface area contributed by atoms with Crippen LogP contribution >= 0.6 is 0 Å². The summed E-state index contributed by atoms with van der Waals surface area (Å²) in [6.45, 7) is 0. The van der Waals surface area contributed by atoms with Crippen molar-refractivity contribution in [3.05, 3.63) is 42.0 Å². The lowest BCUT2D eigenvalue weighted by Crippen LogP contribution is -2.25. The van der Waals surface area contributed by atoms with E-state index in [0.29, 0.717) is 12.1 Å². The molecule has 2 unspecified atom stereocenters. The zero-order valence-electron chi connectivity index (χ0n) is 11.4. The number of carbonyl (C=O) groups is 2. The van der Waals surface area contributed by atoms with Crippen molar-refractivity contribution in [2.45, 2.75) is 18.9 Å². The maximum absolute atomic E-state index is 12.1. The molecule has 0 heterocycles. The maximum Gasteiger partial charge on any atom is 0.231 e. The van der Waals surface area contributed by atoms with E-state index in [9.17, 15) is 9.59 Å². The van der Waals surface area contributed by atoms with Gasteiger partial charge in [0, 0.05) is 18.8 Å². The monoisotopic (exact) mass is 273 g/mol. The van der Waals surface area contributed by atoms with Crippen LogP contribution in [0.25, 0.3) is 0 Å². The van der Waals surface area contributed by atoms with Gasteiger partial charge in [0.25, 0.3) is 0 Å². The summed E-state index contributed by atoms with van der Waals surface area (Å²) in [7, 11) is 1.59. The van der Waals surface area contributed by atoms with Crippen LogP contribution in [0, 0.1) is 5.92 Å².